The topological polar surface area (TPSA) is 49.7 Å². The number of benzene rings is 2. The van der Waals surface area contributed by atoms with Gasteiger partial charge in [0.15, 0.2) is 0 Å². The van der Waals surface area contributed by atoms with Crippen molar-refractivity contribution in [2.75, 3.05) is 20.8 Å². The summed E-state index contributed by atoms with van der Waals surface area (Å²) in [5, 5.41) is 0. The van der Waals surface area contributed by atoms with Gasteiger partial charge in [0, 0.05) is 16.9 Å². The summed E-state index contributed by atoms with van der Waals surface area (Å²) in [6.07, 6.45) is 1.93. The van der Waals surface area contributed by atoms with Crippen LogP contribution in [-0.4, -0.2) is 31.4 Å². The normalized spacial score (nSPS) is 18.2. The summed E-state index contributed by atoms with van der Waals surface area (Å²) in [5.74, 6) is 0.338. The molecule has 0 amide bonds. The summed E-state index contributed by atoms with van der Waals surface area (Å²) in [4.78, 5) is 13.1. The lowest BCUT2D eigenvalue weighted by atomic mass is 9.91. The van der Waals surface area contributed by atoms with Crippen LogP contribution in [0.25, 0.3) is 16.8 Å². The Morgan fingerprint density at radius 3 is 2.30 bits per heavy atom. The minimum atomic E-state index is -1.29. The quantitative estimate of drug-likeness (QED) is 0.453. The Bertz CT molecular complexity index is 1100. The van der Waals surface area contributed by atoms with Gasteiger partial charge in [-0.25, -0.2) is 4.79 Å². The zero-order valence-corrected chi connectivity index (χ0v) is 17.6. The third-order valence-corrected chi connectivity index (χ3v) is 5.74. The van der Waals surface area contributed by atoms with E-state index in [1.165, 1.54) is 7.11 Å². The summed E-state index contributed by atoms with van der Waals surface area (Å²) < 4.78 is 18.7. The predicted molar refractivity (Wildman–Crippen MR) is 116 cm³/mol. The van der Waals surface area contributed by atoms with E-state index in [-0.39, 0.29) is 0 Å². The van der Waals surface area contributed by atoms with Crippen LogP contribution >= 0.6 is 0 Å². The van der Waals surface area contributed by atoms with Gasteiger partial charge in [-0.1, -0.05) is 36.4 Å². The van der Waals surface area contributed by atoms with Gasteiger partial charge >= 0.3 is 5.97 Å². The molecule has 1 aliphatic rings. The van der Waals surface area contributed by atoms with E-state index in [1.807, 2.05) is 61.5 Å². The van der Waals surface area contributed by atoms with Crippen LogP contribution in [0.2, 0.25) is 0 Å². The van der Waals surface area contributed by atoms with Crippen molar-refractivity contribution in [1.82, 2.24) is 4.57 Å². The molecule has 0 fully saturated rings. The van der Waals surface area contributed by atoms with Crippen LogP contribution in [0.4, 0.5) is 0 Å². The molecule has 0 saturated heterocycles. The Labute approximate surface area is 176 Å². The number of esters is 1. The van der Waals surface area contributed by atoms with Gasteiger partial charge in [-0.05, 0) is 55.3 Å². The standard InChI is InChI=1S/C25H25NO4/c1-17-14-15-30-25(17,24(27)29-4)23-16-22(19-8-6-5-7-9-19)18(2)26(23)20-10-12-21(28-3)13-11-20/h5-14,16H,15H2,1-4H3/t25-/m1/s1. The number of carbonyl (C=O) groups is 1. The molecule has 0 spiro atoms. The summed E-state index contributed by atoms with van der Waals surface area (Å²) in [5.41, 5.74) is 4.29. The fourth-order valence-corrected chi connectivity index (χ4v) is 4.13. The van der Waals surface area contributed by atoms with E-state index >= 15 is 0 Å². The SMILES string of the molecule is COC(=O)[C@@]1(c2cc(-c3ccccc3)c(C)n2-c2ccc(OC)cc2)OCC=C1C. The zero-order valence-electron chi connectivity index (χ0n) is 17.6. The molecule has 2 aromatic carbocycles. The van der Waals surface area contributed by atoms with Crippen molar-refractivity contribution in [2.24, 2.45) is 0 Å². The maximum Gasteiger partial charge on any atom is 0.348 e. The first-order chi connectivity index (χ1) is 14.5. The van der Waals surface area contributed by atoms with E-state index in [4.69, 9.17) is 14.2 Å². The molecular formula is C25H25NO4. The van der Waals surface area contributed by atoms with Crippen molar-refractivity contribution in [2.45, 2.75) is 19.4 Å². The Morgan fingerprint density at radius 2 is 1.73 bits per heavy atom. The minimum absolute atomic E-state index is 0.356. The lowest BCUT2D eigenvalue weighted by Gasteiger charge is -2.29. The van der Waals surface area contributed by atoms with Crippen LogP contribution in [0.3, 0.4) is 0 Å². The number of hydrogen-bond acceptors (Lipinski definition) is 4. The van der Waals surface area contributed by atoms with E-state index in [0.29, 0.717) is 6.61 Å². The molecule has 0 bridgehead atoms. The maximum atomic E-state index is 13.1. The molecule has 1 aliphatic heterocycles. The molecule has 0 unspecified atom stereocenters. The second kappa shape index (κ2) is 7.84. The van der Waals surface area contributed by atoms with Crippen LogP contribution in [0.1, 0.15) is 18.3 Å². The van der Waals surface area contributed by atoms with Crippen LogP contribution in [0.15, 0.2) is 72.3 Å². The molecule has 1 atom stereocenters. The van der Waals surface area contributed by atoms with Gasteiger partial charge in [0.2, 0.25) is 5.60 Å². The lowest BCUT2D eigenvalue weighted by molar-refractivity contribution is -0.163. The minimum Gasteiger partial charge on any atom is -0.497 e. The highest BCUT2D eigenvalue weighted by atomic mass is 16.6. The second-order valence-corrected chi connectivity index (χ2v) is 7.30. The summed E-state index contributed by atoms with van der Waals surface area (Å²) in [6, 6.07) is 19.9. The molecule has 1 aromatic heterocycles. The van der Waals surface area contributed by atoms with E-state index in [0.717, 1.165) is 39.5 Å². The van der Waals surface area contributed by atoms with Crippen LogP contribution < -0.4 is 4.74 Å². The van der Waals surface area contributed by atoms with Gasteiger partial charge in [-0.2, -0.15) is 0 Å². The summed E-state index contributed by atoms with van der Waals surface area (Å²) in [7, 11) is 3.03. The molecule has 3 aromatic rings. The molecule has 2 heterocycles. The largest absolute Gasteiger partial charge is 0.497 e. The number of ether oxygens (including phenoxy) is 3. The van der Waals surface area contributed by atoms with Crippen molar-refractivity contribution in [3.63, 3.8) is 0 Å². The van der Waals surface area contributed by atoms with Gasteiger partial charge in [-0.15, -0.1) is 0 Å². The fourth-order valence-electron chi connectivity index (χ4n) is 4.13. The van der Waals surface area contributed by atoms with Crippen molar-refractivity contribution < 1.29 is 19.0 Å². The molecule has 154 valence electrons. The molecule has 30 heavy (non-hydrogen) atoms. The molecule has 5 nitrogen and oxygen atoms in total. The van der Waals surface area contributed by atoms with Crippen molar-refractivity contribution >= 4 is 5.97 Å². The van der Waals surface area contributed by atoms with Crippen molar-refractivity contribution in [3.8, 4) is 22.6 Å². The number of methoxy groups -OCH3 is 2. The number of nitrogens with zero attached hydrogens (tertiary/aromatic N) is 1. The first-order valence-corrected chi connectivity index (χ1v) is 9.85. The zero-order chi connectivity index (χ0) is 21.3. The highest BCUT2D eigenvalue weighted by molar-refractivity contribution is 5.87. The predicted octanol–water partition coefficient (Wildman–Crippen LogP) is 4.81. The van der Waals surface area contributed by atoms with E-state index in [2.05, 4.69) is 23.6 Å². The average Bonchev–Trinajstić information content (AvgIpc) is 3.34. The molecule has 0 saturated carbocycles. The Hall–Kier alpha value is -3.31. The smallest absolute Gasteiger partial charge is 0.348 e. The van der Waals surface area contributed by atoms with Crippen LogP contribution in [0.5, 0.6) is 5.75 Å². The van der Waals surface area contributed by atoms with E-state index in [9.17, 15) is 4.79 Å². The fraction of sp³-hybridized carbons (Fsp3) is 0.240. The number of hydrogen-bond donors (Lipinski definition) is 0. The Balaban J connectivity index is 2.01. The molecular weight excluding hydrogens is 378 g/mol. The van der Waals surface area contributed by atoms with Gasteiger partial charge in [0.25, 0.3) is 0 Å². The van der Waals surface area contributed by atoms with Crippen LogP contribution in [-0.2, 0) is 19.9 Å². The van der Waals surface area contributed by atoms with E-state index < -0.39 is 11.6 Å². The average molecular weight is 403 g/mol. The summed E-state index contributed by atoms with van der Waals surface area (Å²) in [6.45, 7) is 4.32. The first-order valence-electron chi connectivity index (χ1n) is 9.85. The van der Waals surface area contributed by atoms with E-state index in [1.54, 1.807) is 7.11 Å². The van der Waals surface area contributed by atoms with Crippen molar-refractivity contribution in [1.29, 1.82) is 0 Å². The van der Waals surface area contributed by atoms with Crippen molar-refractivity contribution in [3.05, 3.63) is 83.7 Å². The van der Waals surface area contributed by atoms with Gasteiger partial charge in [0.1, 0.15) is 5.75 Å². The summed E-state index contributed by atoms with van der Waals surface area (Å²) >= 11 is 0. The molecule has 0 radical (unpaired) electrons. The number of rotatable bonds is 5. The highest BCUT2D eigenvalue weighted by Crippen LogP contribution is 2.43. The number of carbonyl (C=O) groups excluding carboxylic acids is 1. The lowest BCUT2D eigenvalue weighted by Crippen LogP contribution is -2.40. The second-order valence-electron chi connectivity index (χ2n) is 7.30. The van der Waals surface area contributed by atoms with Gasteiger partial charge < -0.3 is 18.8 Å². The Kier molecular flexibility index (Phi) is 5.22. The molecule has 4 rings (SSSR count). The van der Waals surface area contributed by atoms with Gasteiger partial charge in [-0.3, -0.25) is 0 Å². The molecule has 5 heteroatoms. The molecule has 0 aliphatic carbocycles. The van der Waals surface area contributed by atoms with Gasteiger partial charge in [0.05, 0.1) is 26.5 Å². The monoisotopic (exact) mass is 403 g/mol. The number of aromatic nitrogens is 1. The third-order valence-electron chi connectivity index (χ3n) is 5.74. The van der Waals surface area contributed by atoms with Crippen LogP contribution in [0, 0.1) is 6.92 Å². The highest BCUT2D eigenvalue weighted by Gasteiger charge is 2.50. The maximum absolute atomic E-state index is 13.1. The Morgan fingerprint density at radius 1 is 1.03 bits per heavy atom. The molecule has 0 N–H and O–H groups in total. The third kappa shape index (κ3) is 3.02. The first kappa shape index (κ1) is 20.0.